The van der Waals surface area contributed by atoms with Gasteiger partial charge in [-0.15, -0.1) is 0 Å². The molecule has 0 saturated carbocycles. The van der Waals surface area contributed by atoms with Gasteiger partial charge in [0.25, 0.3) is 0 Å². The van der Waals surface area contributed by atoms with Gasteiger partial charge in [0, 0.05) is 32.1 Å². The SMILES string of the molecule is C[C@@H]1CN(c2ccc(N3C[C@H](CCNC(N)=S)OC3=O)cc2F)CC/C1=C\C#N. The van der Waals surface area contributed by atoms with Gasteiger partial charge in [0.15, 0.2) is 5.11 Å². The van der Waals surface area contributed by atoms with Crippen LogP contribution in [0.4, 0.5) is 20.6 Å². The van der Waals surface area contributed by atoms with E-state index in [1.165, 1.54) is 11.0 Å². The molecule has 2 saturated heterocycles. The Morgan fingerprint density at radius 2 is 2.31 bits per heavy atom. The van der Waals surface area contributed by atoms with Gasteiger partial charge in [-0.1, -0.05) is 12.5 Å². The number of nitrogens with one attached hydrogen (secondary N) is 1. The zero-order chi connectivity index (χ0) is 21.0. The molecule has 29 heavy (non-hydrogen) atoms. The lowest BCUT2D eigenvalue weighted by Crippen LogP contribution is -2.36. The first-order valence-corrected chi connectivity index (χ1v) is 9.94. The van der Waals surface area contributed by atoms with Crippen LogP contribution >= 0.6 is 12.2 Å². The van der Waals surface area contributed by atoms with Crippen LogP contribution in [-0.2, 0) is 4.74 Å². The predicted molar refractivity (Wildman–Crippen MR) is 113 cm³/mol. The van der Waals surface area contributed by atoms with Crippen LogP contribution in [-0.4, -0.2) is 43.5 Å². The highest BCUT2D eigenvalue weighted by atomic mass is 32.1. The van der Waals surface area contributed by atoms with E-state index in [1.54, 1.807) is 18.2 Å². The average Bonchev–Trinajstić information content (AvgIpc) is 3.04. The third kappa shape index (κ3) is 4.95. The lowest BCUT2D eigenvalue weighted by molar-refractivity contribution is 0.137. The van der Waals surface area contributed by atoms with Crippen molar-refractivity contribution in [1.82, 2.24) is 5.32 Å². The van der Waals surface area contributed by atoms with Crippen molar-refractivity contribution in [1.29, 1.82) is 5.26 Å². The summed E-state index contributed by atoms with van der Waals surface area (Å²) < 4.78 is 20.2. The fraction of sp³-hybridized carbons (Fsp3) is 0.450. The van der Waals surface area contributed by atoms with Crippen LogP contribution in [0.2, 0.25) is 0 Å². The van der Waals surface area contributed by atoms with Crippen LogP contribution in [0.15, 0.2) is 29.8 Å². The van der Waals surface area contributed by atoms with Gasteiger partial charge < -0.3 is 20.7 Å². The molecular formula is C20H24FN5O2S. The van der Waals surface area contributed by atoms with Crippen molar-refractivity contribution in [2.75, 3.05) is 36.0 Å². The van der Waals surface area contributed by atoms with Gasteiger partial charge in [-0.25, -0.2) is 9.18 Å². The summed E-state index contributed by atoms with van der Waals surface area (Å²) in [6.07, 6.45) is 2.09. The summed E-state index contributed by atoms with van der Waals surface area (Å²) in [6.45, 7) is 4.18. The number of ether oxygens (including phenoxy) is 1. The summed E-state index contributed by atoms with van der Waals surface area (Å²) in [6, 6.07) is 6.89. The monoisotopic (exact) mass is 417 g/mol. The van der Waals surface area contributed by atoms with Gasteiger partial charge in [-0.3, -0.25) is 4.90 Å². The molecule has 0 aliphatic carbocycles. The molecule has 7 nitrogen and oxygen atoms in total. The summed E-state index contributed by atoms with van der Waals surface area (Å²) in [5.41, 5.74) is 7.45. The van der Waals surface area contributed by atoms with Crippen LogP contribution in [0.1, 0.15) is 19.8 Å². The second-order valence-corrected chi connectivity index (χ2v) is 7.72. The van der Waals surface area contributed by atoms with E-state index in [9.17, 15) is 9.18 Å². The lowest BCUT2D eigenvalue weighted by atomic mass is 9.92. The van der Waals surface area contributed by atoms with Crippen molar-refractivity contribution in [3.63, 3.8) is 0 Å². The number of amides is 1. The molecule has 154 valence electrons. The van der Waals surface area contributed by atoms with E-state index < -0.39 is 6.09 Å². The number of hydrogen-bond donors (Lipinski definition) is 2. The summed E-state index contributed by atoms with van der Waals surface area (Å²) in [5.74, 6) is -0.194. The van der Waals surface area contributed by atoms with E-state index >= 15 is 0 Å². The second kappa shape index (κ2) is 9.09. The summed E-state index contributed by atoms with van der Waals surface area (Å²) >= 11 is 4.75. The summed E-state index contributed by atoms with van der Waals surface area (Å²) in [4.78, 5) is 15.6. The lowest BCUT2D eigenvalue weighted by Gasteiger charge is -2.34. The predicted octanol–water partition coefficient (Wildman–Crippen LogP) is 2.67. The number of cyclic esters (lactones) is 1. The third-order valence-electron chi connectivity index (χ3n) is 5.27. The van der Waals surface area contributed by atoms with Crippen molar-refractivity contribution in [2.24, 2.45) is 11.7 Å². The molecule has 0 radical (unpaired) electrons. The number of allylic oxidation sites excluding steroid dienone is 1. The minimum absolute atomic E-state index is 0.187. The van der Waals surface area contributed by atoms with Crippen LogP contribution in [0.3, 0.4) is 0 Å². The number of carbonyl (C=O) groups excluding carboxylic acids is 1. The van der Waals surface area contributed by atoms with Crippen molar-refractivity contribution in [2.45, 2.75) is 25.9 Å². The molecular weight excluding hydrogens is 393 g/mol. The van der Waals surface area contributed by atoms with Crippen LogP contribution < -0.4 is 20.9 Å². The van der Waals surface area contributed by atoms with Crippen molar-refractivity contribution >= 4 is 34.8 Å². The molecule has 9 heteroatoms. The number of piperidine rings is 1. The molecule has 3 N–H and O–H groups in total. The number of nitrogens with two attached hydrogens (primary N) is 1. The number of hydrogen-bond acceptors (Lipinski definition) is 5. The highest BCUT2D eigenvalue weighted by molar-refractivity contribution is 7.80. The van der Waals surface area contributed by atoms with E-state index in [-0.39, 0.29) is 23.0 Å². The number of thiocarbonyl (C=S) groups is 1. The first-order chi connectivity index (χ1) is 13.9. The van der Waals surface area contributed by atoms with E-state index in [4.69, 9.17) is 28.0 Å². The smallest absolute Gasteiger partial charge is 0.414 e. The molecule has 2 aliphatic heterocycles. The Kier molecular flexibility index (Phi) is 6.54. The van der Waals surface area contributed by atoms with E-state index in [1.807, 2.05) is 11.8 Å². The second-order valence-electron chi connectivity index (χ2n) is 7.28. The van der Waals surface area contributed by atoms with E-state index in [0.29, 0.717) is 44.0 Å². The van der Waals surface area contributed by atoms with Gasteiger partial charge in [0.05, 0.1) is 24.0 Å². The Labute approximate surface area is 174 Å². The number of nitrogens with zero attached hydrogens (tertiary/aromatic N) is 3. The molecule has 1 aromatic carbocycles. The topological polar surface area (TPSA) is 94.6 Å². The minimum Gasteiger partial charge on any atom is -0.444 e. The van der Waals surface area contributed by atoms with Gasteiger partial charge >= 0.3 is 6.09 Å². The van der Waals surface area contributed by atoms with Crippen molar-refractivity contribution in [3.8, 4) is 6.07 Å². The number of nitriles is 1. The molecule has 2 atom stereocenters. The molecule has 0 spiro atoms. The Balaban J connectivity index is 1.65. The molecule has 1 amide bonds. The maximum absolute atomic E-state index is 14.9. The van der Waals surface area contributed by atoms with E-state index in [0.717, 1.165) is 12.0 Å². The molecule has 0 aromatic heterocycles. The first kappa shape index (κ1) is 20.9. The zero-order valence-corrected chi connectivity index (χ0v) is 17.0. The number of benzene rings is 1. The Morgan fingerprint density at radius 1 is 1.52 bits per heavy atom. The Morgan fingerprint density at radius 3 is 2.97 bits per heavy atom. The minimum atomic E-state index is -0.490. The fourth-order valence-corrected chi connectivity index (χ4v) is 3.83. The molecule has 2 heterocycles. The average molecular weight is 418 g/mol. The first-order valence-electron chi connectivity index (χ1n) is 9.53. The molecule has 2 aliphatic rings. The molecule has 3 rings (SSSR count). The normalized spacial score (nSPS) is 23.1. The van der Waals surface area contributed by atoms with Crippen LogP contribution in [0.5, 0.6) is 0 Å². The van der Waals surface area contributed by atoms with Crippen LogP contribution in [0.25, 0.3) is 0 Å². The van der Waals surface area contributed by atoms with E-state index in [2.05, 4.69) is 11.4 Å². The Bertz CT molecular complexity index is 869. The zero-order valence-electron chi connectivity index (χ0n) is 16.2. The van der Waals surface area contributed by atoms with Gasteiger partial charge in [0.1, 0.15) is 11.9 Å². The van der Waals surface area contributed by atoms with Gasteiger partial charge in [-0.2, -0.15) is 5.26 Å². The highest BCUT2D eigenvalue weighted by Gasteiger charge is 2.32. The molecule has 0 bridgehead atoms. The summed E-state index contributed by atoms with van der Waals surface area (Å²) in [5, 5.41) is 11.9. The number of anilines is 2. The molecule has 2 fully saturated rings. The largest absolute Gasteiger partial charge is 0.444 e. The van der Waals surface area contributed by atoms with Gasteiger partial charge in [-0.05, 0) is 42.8 Å². The number of halogens is 1. The summed E-state index contributed by atoms with van der Waals surface area (Å²) in [7, 11) is 0. The Hall–Kier alpha value is -2.86. The highest BCUT2D eigenvalue weighted by Crippen LogP contribution is 2.32. The quantitative estimate of drug-likeness (QED) is 0.562. The van der Waals surface area contributed by atoms with Gasteiger partial charge in [0.2, 0.25) is 0 Å². The molecule has 1 aromatic rings. The fourth-order valence-electron chi connectivity index (χ4n) is 3.72. The number of carbonyl (C=O) groups is 1. The number of rotatable bonds is 5. The standard InChI is InChI=1S/C20H24FN5O2S/c1-13-11-25(9-6-14(13)4-7-22)18-3-2-15(10-17(18)21)26-12-16(28-20(26)27)5-8-24-19(23)29/h2-4,10,13,16H,5-6,8-9,11-12H2,1H3,(H3,23,24,29)/b14-4+/t13-,16+/m1/s1. The van der Waals surface area contributed by atoms with Crippen LogP contribution in [0, 0.1) is 23.1 Å². The maximum atomic E-state index is 14.9. The molecule has 0 unspecified atom stereocenters. The van der Waals surface area contributed by atoms with Crippen molar-refractivity contribution in [3.05, 3.63) is 35.7 Å². The van der Waals surface area contributed by atoms with Crippen molar-refractivity contribution < 1.29 is 13.9 Å². The third-order valence-corrected chi connectivity index (χ3v) is 5.42. The maximum Gasteiger partial charge on any atom is 0.414 e.